The monoisotopic (exact) mass is 291 g/mol. The number of phenols is 1. The van der Waals surface area contributed by atoms with Crippen LogP contribution in [-0.2, 0) is 13.1 Å². The normalized spacial score (nSPS) is 10.6. The number of hydrogen-bond donors (Lipinski definition) is 2. The van der Waals surface area contributed by atoms with Gasteiger partial charge in [-0.1, -0.05) is 35.9 Å². The van der Waals surface area contributed by atoms with Crippen molar-refractivity contribution in [2.24, 2.45) is 0 Å². The van der Waals surface area contributed by atoms with Crippen LogP contribution in [0.25, 0.3) is 0 Å². The lowest BCUT2D eigenvalue weighted by molar-refractivity contribution is 0.407. The number of para-hydroxylation sites is 1. The van der Waals surface area contributed by atoms with Crippen LogP contribution in [0.5, 0.6) is 11.5 Å². The van der Waals surface area contributed by atoms with Gasteiger partial charge in [0.15, 0.2) is 0 Å². The number of benzene rings is 2. The Balaban J connectivity index is 2.05. The van der Waals surface area contributed by atoms with Crippen LogP contribution in [0.4, 0.5) is 0 Å². The van der Waals surface area contributed by atoms with Crippen LogP contribution in [-0.4, -0.2) is 12.2 Å². The third-order valence-corrected chi connectivity index (χ3v) is 3.59. The molecule has 0 aliphatic heterocycles. The van der Waals surface area contributed by atoms with Gasteiger partial charge < -0.3 is 15.2 Å². The second-order valence-electron chi connectivity index (χ2n) is 4.61. The van der Waals surface area contributed by atoms with Gasteiger partial charge in [-0.25, -0.2) is 0 Å². The first-order valence-electron chi connectivity index (χ1n) is 6.43. The zero-order chi connectivity index (χ0) is 14.5. The van der Waals surface area contributed by atoms with Crippen LogP contribution >= 0.6 is 11.6 Å². The topological polar surface area (TPSA) is 41.5 Å². The molecule has 2 aromatic carbocycles. The Morgan fingerprint density at radius 2 is 1.90 bits per heavy atom. The summed E-state index contributed by atoms with van der Waals surface area (Å²) in [5.41, 5.74) is 2.67. The number of phenolic OH excluding ortho intramolecular Hbond substituents is 1. The molecule has 3 nitrogen and oxygen atoms in total. The predicted octanol–water partition coefficient (Wildman–Crippen LogP) is 3.65. The van der Waals surface area contributed by atoms with Gasteiger partial charge in [-0.05, 0) is 24.6 Å². The maximum absolute atomic E-state index is 9.96. The fraction of sp³-hybridized carbons (Fsp3) is 0.250. The smallest absolute Gasteiger partial charge is 0.124 e. The molecular weight excluding hydrogens is 274 g/mol. The summed E-state index contributed by atoms with van der Waals surface area (Å²) in [5.74, 6) is 1.10. The van der Waals surface area contributed by atoms with Crippen molar-refractivity contribution in [2.75, 3.05) is 7.11 Å². The Hall–Kier alpha value is -1.71. The van der Waals surface area contributed by atoms with Gasteiger partial charge in [0, 0.05) is 29.2 Å². The number of nitrogens with one attached hydrogen (secondary N) is 1. The van der Waals surface area contributed by atoms with E-state index in [9.17, 15) is 5.11 Å². The standard InChI is InChI=1S/C16H18ClNO2/c1-11-5-3-6-12(16(11)19)9-18-10-13-14(17)7-4-8-15(13)20-2/h3-8,18-19H,9-10H2,1-2H3. The molecule has 2 rings (SSSR count). The van der Waals surface area contributed by atoms with Crippen LogP contribution in [0, 0.1) is 6.92 Å². The molecule has 0 bridgehead atoms. The van der Waals surface area contributed by atoms with Crippen molar-refractivity contribution in [2.45, 2.75) is 20.0 Å². The summed E-state index contributed by atoms with van der Waals surface area (Å²) in [6.07, 6.45) is 0. The van der Waals surface area contributed by atoms with Crippen molar-refractivity contribution in [1.29, 1.82) is 0 Å². The van der Waals surface area contributed by atoms with Crippen molar-refractivity contribution in [3.63, 3.8) is 0 Å². The maximum Gasteiger partial charge on any atom is 0.124 e. The molecule has 2 N–H and O–H groups in total. The number of methoxy groups -OCH3 is 1. The van der Waals surface area contributed by atoms with Crippen LogP contribution in [0.1, 0.15) is 16.7 Å². The van der Waals surface area contributed by atoms with Gasteiger partial charge in [-0.3, -0.25) is 0 Å². The SMILES string of the molecule is COc1cccc(Cl)c1CNCc1cccc(C)c1O. The summed E-state index contributed by atoms with van der Waals surface area (Å²) in [5, 5.41) is 13.9. The average molecular weight is 292 g/mol. The highest BCUT2D eigenvalue weighted by atomic mass is 35.5. The van der Waals surface area contributed by atoms with E-state index < -0.39 is 0 Å². The van der Waals surface area contributed by atoms with Crippen LogP contribution < -0.4 is 10.1 Å². The van der Waals surface area contributed by atoms with Crippen LogP contribution in [0.2, 0.25) is 5.02 Å². The molecule has 0 saturated carbocycles. The second-order valence-corrected chi connectivity index (χ2v) is 5.01. The van der Waals surface area contributed by atoms with Gasteiger partial charge in [0.05, 0.1) is 7.11 Å². The van der Waals surface area contributed by atoms with Crippen molar-refractivity contribution in [3.8, 4) is 11.5 Å². The molecule has 0 radical (unpaired) electrons. The summed E-state index contributed by atoms with van der Waals surface area (Å²) in [6, 6.07) is 11.3. The second kappa shape index (κ2) is 6.64. The molecule has 0 unspecified atom stereocenters. The van der Waals surface area contributed by atoms with E-state index in [4.69, 9.17) is 16.3 Å². The van der Waals surface area contributed by atoms with Gasteiger partial charge in [-0.2, -0.15) is 0 Å². The quantitative estimate of drug-likeness (QED) is 0.883. The van der Waals surface area contributed by atoms with E-state index in [-0.39, 0.29) is 0 Å². The first-order chi connectivity index (χ1) is 9.63. The molecule has 4 heteroatoms. The molecule has 0 aromatic heterocycles. The lowest BCUT2D eigenvalue weighted by Crippen LogP contribution is -2.14. The van der Waals surface area contributed by atoms with Crippen molar-refractivity contribution in [1.82, 2.24) is 5.32 Å². The first kappa shape index (κ1) is 14.7. The number of rotatable bonds is 5. The third-order valence-electron chi connectivity index (χ3n) is 3.23. The molecule has 2 aromatic rings. The van der Waals surface area contributed by atoms with Crippen molar-refractivity contribution < 1.29 is 9.84 Å². The predicted molar refractivity (Wildman–Crippen MR) is 81.4 cm³/mol. The van der Waals surface area contributed by atoms with Gasteiger partial charge in [0.2, 0.25) is 0 Å². The van der Waals surface area contributed by atoms with Gasteiger partial charge in [0.1, 0.15) is 11.5 Å². The molecule has 0 amide bonds. The number of aromatic hydroxyl groups is 1. The van der Waals surface area contributed by atoms with E-state index in [1.165, 1.54) is 0 Å². The number of ether oxygens (including phenoxy) is 1. The first-order valence-corrected chi connectivity index (χ1v) is 6.81. The minimum atomic E-state index is 0.339. The fourth-order valence-electron chi connectivity index (χ4n) is 2.09. The Morgan fingerprint density at radius 3 is 2.65 bits per heavy atom. The van der Waals surface area contributed by atoms with E-state index in [0.717, 1.165) is 22.4 Å². The Morgan fingerprint density at radius 1 is 1.15 bits per heavy atom. The zero-order valence-corrected chi connectivity index (χ0v) is 12.4. The summed E-state index contributed by atoms with van der Waals surface area (Å²) in [4.78, 5) is 0. The maximum atomic E-state index is 9.96. The molecular formula is C16H18ClNO2. The lowest BCUT2D eigenvalue weighted by atomic mass is 10.1. The van der Waals surface area contributed by atoms with E-state index in [1.54, 1.807) is 7.11 Å². The minimum Gasteiger partial charge on any atom is -0.507 e. The van der Waals surface area contributed by atoms with Gasteiger partial charge in [-0.15, -0.1) is 0 Å². The van der Waals surface area contributed by atoms with Crippen LogP contribution in [0.3, 0.4) is 0 Å². The molecule has 20 heavy (non-hydrogen) atoms. The highest BCUT2D eigenvalue weighted by molar-refractivity contribution is 6.31. The van der Waals surface area contributed by atoms with Crippen LogP contribution in [0.15, 0.2) is 36.4 Å². The molecule has 0 spiro atoms. The molecule has 0 saturated heterocycles. The Labute approximate surface area is 124 Å². The lowest BCUT2D eigenvalue weighted by Gasteiger charge is -2.12. The molecule has 0 fully saturated rings. The van der Waals surface area contributed by atoms with E-state index in [1.807, 2.05) is 43.3 Å². The third kappa shape index (κ3) is 3.24. The highest BCUT2D eigenvalue weighted by Crippen LogP contribution is 2.26. The van der Waals surface area contributed by atoms with Crippen molar-refractivity contribution >= 4 is 11.6 Å². The Bertz CT molecular complexity index is 599. The molecule has 106 valence electrons. The molecule has 0 heterocycles. The van der Waals surface area contributed by atoms with E-state index >= 15 is 0 Å². The zero-order valence-electron chi connectivity index (χ0n) is 11.6. The minimum absolute atomic E-state index is 0.339. The summed E-state index contributed by atoms with van der Waals surface area (Å²) in [6.45, 7) is 3.04. The summed E-state index contributed by atoms with van der Waals surface area (Å²) < 4.78 is 5.30. The summed E-state index contributed by atoms with van der Waals surface area (Å²) in [7, 11) is 1.63. The van der Waals surface area contributed by atoms with E-state index in [2.05, 4.69) is 5.32 Å². The number of halogens is 1. The molecule has 0 aliphatic carbocycles. The average Bonchev–Trinajstić information content (AvgIpc) is 2.45. The van der Waals surface area contributed by atoms with Crippen molar-refractivity contribution in [3.05, 3.63) is 58.1 Å². The highest BCUT2D eigenvalue weighted by Gasteiger charge is 2.08. The van der Waals surface area contributed by atoms with Gasteiger partial charge >= 0.3 is 0 Å². The molecule has 0 aliphatic rings. The molecule has 0 atom stereocenters. The fourth-order valence-corrected chi connectivity index (χ4v) is 2.32. The Kier molecular flexibility index (Phi) is 4.88. The summed E-state index contributed by atoms with van der Waals surface area (Å²) >= 11 is 6.18. The number of aryl methyl sites for hydroxylation is 1. The van der Waals surface area contributed by atoms with Gasteiger partial charge in [0.25, 0.3) is 0 Å². The number of hydrogen-bond acceptors (Lipinski definition) is 3. The van der Waals surface area contributed by atoms with E-state index in [0.29, 0.717) is 23.9 Å². The largest absolute Gasteiger partial charge is 0.507 e.